The third-order valence-electron chi connectivity index (χ3n) is 4.51. The van der Waals surface area contributed by atoms with Crippen LogP contribution in [0.15, 0.2) is 36.4 Å². The predicted octanol–water partition coefficient (Wildman–Crippen LogP) is 3.17. The fraction of sp³-hybridized carbons (Fsp3) is 0.429. The molecule has 0 aliphatic carbocycles. The zero-order valence-electron chi connectivity index (χ0n) is 17.2. The minimum Gasteiger partial charge on any atom is -0.491 e. The number of benzene rings is 1. The Labute approximate surface area is 175 Å². The number of hydrogen-bond acceptors (Lipinski definition) is 7. The lowest BCUT2D eigenvalue weighted by molar-refractivity contribution is -0.134. The Morgan fingerprint density at radius 1 is 1.24 bits per heavy atom. The summed E-state index contributed by atoms with van der Waals surface area (Å²) in [5.74, 6) is 1.24. The van der Waals surface area contributed by atoms with E-state index in [2.05, 4.69) is 28.8 Å². The third-order valence-corrected chi connectivity index (χ3v) is 5.20. The summed E-state index contributed by atoms with van der Waals surface area (Å²) in [6, 6.07) is 5.56. The first-order valence-electron chi connectivity index (χ1n) is 9.67. The van der Waals surface area contributed by atoms with E-state index in [9.17, 15) is 4.79 Å². The second-order valence-electron chi connectivity index (χ2n) is 7.27. The molecule has 0 saturated carbocycles. The van der Waals surface area contributed by atoms with Crippen LogP contribution < -0.4 is 14.8 Å². The van der Waals surface area contributed by atoms with Crippen molar-refractivity contribution in [3.63, 3.8) is 0 Å². The smallest absolute Gasteiger partial charge is 0.260 e. The third kappa shape index (κ3) is 6.20. The molecule has 8 heteroatoms. The molecule has 29 heavy (non-hydrogen) atoms. The fourth-order valence-electron chi connectivity index (χ4n) is 2.95. The maximum Gasteiger partial charge on any atom is 0.260 e. The van der Waals surface area contributed by atoms with E-state index in [4.69, 9.17) is 9.47 Å². The summed E-state index contributed by atoms with van der Waals surface area (Å²) >= 11 is 1.50. The Kier molecular flexibility index (Phi) is 7.11. The van der Waals surface area contributed by atoms with Gasteiger partial charge in [0.15, 0.2) is 11.7 Å². The molecule has 7 nitrogen and oxygen atoms in total. The van der Waals surface area contributed by atoms with Crippen LogP contribution >= 0.6 is 11.3 Å². The van der Waals surface area contributed by atoms with Gasteiger partial charge in [0.25, 0.3) is 5.91 Å². The van der Waals surface area contributed by atoms with Crippen molar-refractivity contribution < 1.29 is 14.3 Å². The van der Waals surface area contributed by atoms with E-state index in [0.717, 1.165) is 36.9 Å². The maximum absolute atomic E-state index is 12.5. The number of hydrogen-bond donors (Lipinski definition) is 1. The Morgan fingerprint density at radius 2 is 1.97 bits per heavy atom. The van der Waals surface area contributed by atoms with Gasteiger partial charge in [-0.2, -0.15) is 0 Å². The number of piperazine rings is 1. The zero-order chi connectivity index (χ0) is 20.8. The van der Waals surface area contributed by atoms with Crippen molar-refractivity contribution in [2.75, 3.05) is 45.2 Å². The van der Waals surface area contributed by atoms with Crippen LogP contribution in [0.2, 0.25) is 0 Å². The second-order valence-corrected chi connectivity index (χ2v) is 8.17. The minimum atomic E-state index is -0.00503. The topological polar surface area (TPSA) is 66.9 Å². The Hall–Kier alpha value is -2.58. The first-order chi connectivity index (χ1) is 13.9. The molecule has 3 rings (SSSR count). The molecule has 0 bridgehead atoms. The Morgan fingerprint density at radius 3 is 2.62 bits per heavy atom. The highest BCUT2D eigenvalue weighted by atomic mass is 32.1. The van der Waals surface area contributed by atoms with Crippen LogP contribution in [0.25, 0.3) is 5.70 Å². The van der Waals surface area contributed by atoms with E-state index in [1.807, 2.05) is 36.3 Å². The molecule has 1 aliphatic rings. The molecule has 2 heterocycles. The molecule has 1 amide bonds. The number of likely N-dealkylation sites (N-methyl/N-ethyl adjacent to an activating group) is 1. The van der Waals surface area contributed by atoms with E-state index in [0.29, 0.717) is 17.2 Å². The number of aromatic nitrogens is 1. The minimum absolute atomic E-state index is 0.000666. The monoisotopic (exact) mass is 416 g/mol. The van der Waals surface area contributed by atoms with Gasteiger partial charge < -0.3 is 24.6 Å². The van der Waals surface area contributed by atoms with Crippen LogP contribution in [0.4, 0.5) is 5.13 Å². The number of anilines is 1. The van der Waals surface area contributed by atoms with Gasteiger partial charge in [-0.3, -0.25) is 4.79 Å². The molecule has 0 radical (unpaired) electrons. The molecule has 156 valence electrons. The van der Waals surface area contributed by atoms with Gasteiger partial charge in [-0.05, 0) is 33.0 Å². The normalized spacial score (nSPS) is 14.7. The molecular formula is C21H28N4O3S. The maximum atomic E-state index is 12.5. The van der Waals surface area contributed by atoms with Crippen molar-refractivity contribution in [3.8, 4) is 11.5 Å². The standard InChI is InChI=1S/C21H28N4O3S/c1-15(2)28-19-12-17(16(3)23-21-22-5-10-29-21)11-18(13-19)27-14-20(26)25-8-6-24(4)7-9-25/h5,10-13,15H,3,6-9,14H2,1-2,4H3,(H,22,23). The average Bonchev–Trinajstić information content (AvgIpc) is 3.19. The lowest BCUT2D eigenvalue weighted by atomic mass is 10.1. The lowest BCUT2D eigenvalue weighted by Gasteiger charge is -2.32. The van der Waals surface area contributed by atoms with Crippen molar-refractivity contribution in [2.45, 2.75) is 20.0 Å². The van der Waals surface area contributed by atoms with Gasteiger partial charge in [-0.15, -0.1) is 11.3 Å². The SMILES string of the molecule is C=C(Nc1nccs1)c1cc(OCC(=O)N2CCN(C)CC2)cc(OC(C)C)c1. The Bertz CT molecular complexity index is 830. The molecule has 1 aromatic carbocycles. The molecule has 0 unspecified atom stereocenters. The molecule has 1 aliphatic heterocycles. The van der Waals surface area contributed by atoms with Gasteiger partial charge in [0, 0.05) is 55.1 Å². The molecule has 1 saturated heterocycles. The van der Waals surface area contributed by atoms with E-state index < -0.39 is 0 Å². The molecule has 1 aromatic heterocycles. The summed E-state index contributed by atoms with van der Waals surface area (Å²) in [5, 5.41) is 5.85. The number of thiazole rings is 1. The average molecular weight is 417 g/mol. The largest absolute Gasteiger partial charge is 0.491 e. The van der Waals surface area contributed by atoms with E-state index in [1.54, 1.807) is 12.3 Å². The van der Waals surface area contributed by atoms with Gasteiger partial charge in [-0.1, -0.05) is 6.58 Å². The van der Waals surface area contributed by atoms with Crippen LogP contribution in [-0.4, -0.2) is 66.6 Å². The number of carbonyl (C=O) groups is 1. The molecule has 2 aromatic rings. The lowest BCUT2D eigenvalue weighted by Crippen LogP contribution is -2.48. The van der Waals surface area contributed by atoms with Crippen molar-refractivity contribution in [2.24, 2.45) is 0 Å². The van der Waals surface area contributed by atoms with Gasteiger partial charge in [0.1, 0.15) is 11.5 Å². The van der Waals surface area contributed by atoms with Crippen molar-refractivity contribution in [3.05, 3.63) is 41.9 Å². The van der Waals surface area contributed by atoms with Crippen LogP contribution in [0.3, 0.4) is 0 Å². The summed E-state index contributed by atoms with van der Waals surface area (Å²) in [6.07, 6.45) is 1.75. The van der Waals surface area contributed by atoms with Crippen molar-refractivity contribution in [1.29, 1.82) is 0 Å². The highest BCUT2D eigenvalue weighted by Gasteiger charge is 2.19. The molecule has 1 fully saturated rings. The summed E-state index contributed by atoms with van der Waals surface area (Å²) in [6.45, 7) is 11.3. The second kappa shape index (κ2) is 9.76. The van der Waals surface area contributed by atoms with E-state index >= 15 is 0 Å². The van der Waals surface area contributed by atoms with Gasteiger partial charge in [0.2, 0.25) is 0 Å². The molecule has 1 N–H and O–H groups in total. The first kappa shape index (κ1) is 21.1. The summed E-state index contributed by atoms with van der Waals surface area (Å²) < 4.78 is 11.7. The highest BCUT2D eigenvalue weighted by Crippen LogP contribution is 2.28. The van der Waals surface area contributed by atoms with Crippen LogP contribution in [0.5, 0.6) is 11.5 Å². The predicted molar refractivity (Wildman–Crippen MR) is 117 cm³/mol. The van der Waals surface area contributed by atoms with Crippen LogP contribution in [0, 0.1) is 0 Å². The fourth-order valence-corrected chi connectivity index (χ4v) is 3.50. The van der Waals surface area contributed by atoms with Gasteiger partial charge >= 0.3 is 0 Å². The first-order valence-corrected chi connectivity index (χ1v) is 10.6. The number of amides is 1. The summed E-state index contributed by atoms with van der Waals surface area (Å²) in [5.41, 5.74) is 1.50. The number of nitrogens with zero attached hydrogens (tertiary/aromatic N) is 3. The van der Waals surface area contributed by atoms with Crippen molar-refractivity contribution >= 4 is 28.1 Å². The Balaban J connectivity index is 1.69. The number of carbonyl (C=O) groups excluding carboxylic acids is 1. The van der Waals surface area contributed by atoms with E-state index in [1.165, 1.54) is 11.3 Å². The van der Waals surface area contributed by atoms with Crippen LogP contribution in [-0.2, 0) is 4.79 Å². The van der Waals surface area contributed by atoms with Crippen molar-refractivity contribution in [1.82, 2.24) is 14.8 Å². The quantitative estimate of drug-likeness (QED) is 0.713. The van der Waals surface area contributed by atoms with Gasteiger partial charge in [-0.25, -0.2) is 4.98 Å². The highest BCUT2D eigenvalue weighted by molar-refractivity contribution is 7.13. The molecular weight excluding hydrogens is 388 g/mol. The molecule has 0 spiro atoms. The summed E-state index contributed by atoms with van der Waals surface area (Å²) in [7, 11) is 2.06. The van der Waals surface area contributed by atoms with Gasteiger partial charge in [0.05, 0.1) is 6.10 Å². The number of nitrogens with one attached hydrogen (secondary N) is 1. The van der Waals surface area contributed by atoms with E-state index in [-0.39, 0.29) is 18.6 Å². The number of ether oxygens (including phenoxy) is 2. The van der Waals surface area contributed by atoms with Crippen LogP contribution in [0.1, 0.15) is 19.4 Å². The number of rotatable bonds is 8. The molecule has 0 atom stereocenters. The zero-order valence-corrected chi connectivity index (χ0v) is 18.0. The summed E-state index contributed by atoms with van der Waals surface area (Å²) in [4.78, 5) is 20.8.